The Morgan fingerprint density at radius 2 is 1.86 bits per heavy atom. The number of halogens is 1. The van der Waals surface area contributed by atoms with Crippen LogP contribution in [0, 0.1) is 0 Å². The predicted molar refractivity (Wildman–Crippen MR) is 77.5 cm³/mol. The fourth-order valence-corrected chi connectivity index (χ4v) is 3.11. The first kappa shape index (κ1) is 14.0. The molecule has 0 bridgehead atoms. The molecule has 0 atom stereocenters. The van der Waals surface area contributed by atoms with Crippen molar-refractivity contribution < 1.29 is 17.9 Å². The fraction of sp³-hybridized carbons (Fsp3) is 0.154. The maximum atomic E-state index is 12.3. The molecule has 0 fully saturated rings. The number of benzene rings is 1. The van der Waals surface area contributed by atoms with E-state index >= 15 is 0 Å². The van der Waals surface area contributed by atoms with Crippen LogP contribution in [0.4, 0.5) is 5.69 Å². The molecule has 0 aliphatic carbocycles. The first-order valence-corrected chi connectivity index (χ1v) is 7.95. The summed E-state index contributed by atoms with van der Waals surface area (Å²) >= 11 is 5.73. The summed E-state index contributed by atoms with van der Waals surface area (Å²) in [5.41, 5.74) is 0.338. The van der Waals surface area contributed by atoms with Crippen LogP contribution in [-0.2, 0) is 10.0 Å². The number of sulfonamides is 1. The second-order valence-electron chi connectivity index (χ2n) is 4.28. The Morgan fingerprint density at radius 3 is 2.62 bits per heavy atom. The predicted octanol–water partition coefficient (Wildman–Crippen LogP) is 2.31. The summed E-state index contributed by atoms with van der Waals surface area (Å²) in [5, 5.41) is 0.206. The average molecular weight is 327 g/mol. The van der Waals surface area contributed by atoms with Crippen molar-refractivity contribution in [1.82, 2.24) is 4.98 Å². The summed E-state index contributed by atoms with van der Waals surface area (Å²) in [6.07, 6.45) is 1.42. The Kier molecular flexibility index (Phi) is 3.60. The van der Waals surface area contributed by atoms with Gasteiger partial charge in [0.05, 0.1) is 10.6 Å². The largest absolute Gasteiger partial charge is 0.486 e. The van der Waals surface area contributed by atoms with E-state index in [9.17, 15) is 8.42 Å². The summed E-state index contributed by atoms with van der Waals surface area (Å²) in [5.74, 6) is 0.948. The van der Waals surface area contributed by atoms with Gasteiger partial charge in [0.25, 0.3) is 10.0 Å². The Bertz CT molecular complexity index is 779. The molecule has 2 aromatic rings. The van der Waals surface area contributed by atoms with Crippen LogP contribution in [0.1, 0.15) is 0 Å². The molecule has 0 saturated carbocycles. The minimum atomic E-state index is -3.74. The number of rotatable bonds is 3. The highest BCUT2D eigenvalue weighted by atomic mass is 35.5. The highest BCUT2D eigenvalue weighted by molar-refractivity contribution is 7.92. The number of anilines is 1. The smallest absolute Gasteiger partial charge is 0.262 e. The van der Waals surface area contributed by atoms with E-state index < -0.39 is 10.0 Å². The number of pyridine rings is 1. The third-order valence-electron chi connectivity index (χ3n) is 2.80. The average Bonchev–Trinajstić information content (AvgIpc) is 2.46. The first-order valence-electron chi connectivity index (χ1n) is 6.09. The van der Waals surface area contributed by atoms with Crippen molar-refractivity contribution in [3.8, 4) is 11.5 Å². The van der Waals surface area contributed by atoms with Gasteiger partial charge in [-0.3, -0.25) is 4.72 Å². The third kappa shape index (κ3) is 3.03. The molecule has 2 heterocycles. The van der Waals surface area contributed by atoms with Gasteiger partial charge >= 0.3 is 0 Å². The van der Waals surface area contributed by atoms with Gasteiger partial charge in [0.1, 0.15) is 18.4 Å². The van der Waals surface area contributed by atoms with E-state index in [1.165, 1.54) is 30.5 Å². The van der Waals surface area contributed by atoms with Gasteiger partial charge in [-0.15, -0.1) is 0 Å². The van der Waals surface area contributed by atoms with Crippen molar-refractivity contribution in [3.63, 3.8) is 0 Å². The van der Waals surface area contributed by atoms with E-state index in [4.69, 9.17) is 21.1 Å². The van der Waals surface area contributed by atoms with Gasteiger partial charge in [-0.2, -0.15) is 0 Å². The molecule has 3 rings (SSSR count). The number of fused-ring (bicyclic) bond motifs is 1. The van der Waals surface area contributed by atoms with Crippen molar-refractivity contribution in [2.45, 2.75) is 4.90 Å². The minimum absolute atomic E-state index is 0.0830. The maximum Gasteiger partial charge on any atom is 0.262 e. The summed E-state index contributed by atoms with van der Waals surface area (Å²) in [6.45, 7) is 0.844. The molecule has 21 heavy (non-hydrogen) atoms. The first-order chi connectivity index (χ1) is 10.0. The van der Waals surface area contributed by atoms with Gasteiger partial charge in [0, 0.05) is 12.3 Å². The topological polar surface area (TPSA) is 77.5 Å². The summed E-state index contributed by atoms with van der Waals surface area (Å²) in [4.78, 5) is 3.88. The molecule has 0 spiro atoms. The lowest BCUT2D eigenvalue weighted by molar-refractivity contribution is 0.171. The second kappa shape index (κ2) is 5.42. The molecule has 1 aliphatic rings. The SMILES string of the molecule is O=S(=O)(Nc1ccnc(Cl)c1)c1ccc2c(c1)OCCO2. The number of hydrogen-bond acceptors (Lipinski definition) is 5. The molecule has 0 amide bonds. The molecule has 0 unspecified atom stereocenters. The molecule has 1 aliphatic heterocycles. The van der Waals surface area contributed by atoms with Crippen molar-refractivity contribution in [2.75, 3.05) is 17.9 Å². The Morgan fingerprint density at radius 1 is 1.10 bits per heavy atom. The lowest BCUT2D eigenvalue weighted by atomic mass is 10.3. The summed E-state index contributed by atoms with van der Waals surface area (Å²) < 4.78 is 37.8. The highest BCUT2D eigenvalue weighted by Crippen LogP contribution is 2.32. The van der Waals surface area contributed by atoms with Crippen molar-refractivity contribution in [1.29, 1.82) is 0 Å². The van der Waals surface area contributed by atoms with Crippen LogP contribution in [0.5, 0.6) is 11.5 Å². The van der Waals surface area contributed by atoms with E-state index in [1.807, 2.05) is 0 Å². The third-order valence-corrected chi connectivity index (χ3v) is 4.39. The zero-order chi connectivity index (χ0) is 14.9. The molecule has 1 aromatic heterocycles. The second-order valence-corrected chi connectivity index (χ2v) is 6.35. The monoisotopic (exact) mass is 326 g/mol. The number of aromatic nitrogens is 1. The standard InChI is InChI=1S/C13H11ClN2O4S/c14-13-7-9(3-4-15-13)16-21(17,18)10-1-2-11-12(8-10)20-6-5-19-11/h1-4,7-8H,5-6H2,(H,15,16). The molecule has 8 heteroatoms. The quantitative estimate of drug-likeness (QED) is 0.876. The zero-order valence-electron chi connectivity index (χ0n) is 10.7. The van der Waals surface area contributed by atoms with Crippen LogP contribution >= 0.6 is 11.6 Å². The Hall–Kier alpha value is -1.99. The highest BCUT2D eigenvalue weighted by Gasteiger charge is 2.19. The van der Waals surface area contributed by atoms with Crippen LogP contribution in [0.3, 0.4) is 0 Å². The van der Waals surface area contributed by atoms with Crippen molar-refractivity contribution in [2.24, 2.45) is 0 Å². The number of nitrogens with one attached hydrogen (secondary N) is 1. The lowest BCUT2D eigenvalue weighted by Crippen LogP contribution is -2.17. The van der Waals surface area contributed by atoms with E-state index in [0.717, 1.165) is 0 Å². The molecular weight excluding hydrogens is 316 g/mol. The molecule has 1 aromatic carbocycles. The summed E-state index contributed by atoms with van der Waals surface area (Å²) in [7, 11) is -3.74. The minimum Gasteiger partial charge on any atom is -0.486 e. The van der Waals surface area contributed by atoms with Gasteiger partial charge in [-0.25, -0.2) is 13.4 Å². The van der Waals surface area contributed by atoms with Gasteiger partial charge in [0.15, 0.2) is 11.5 Å². The maximum absolute atomic E-state index is 12.3. The zero-order valence-corrected chi connectivity index (χ0v) is 12.3. The van der Waals surface area contributed by atoms with Crippen LogP contribution in [-0.4, -0.2) is 26.6 Å². The fourth-order valence-electron chi connectivity index (χ4n) is 1.87. The van der Waals surface area contributed by atoms with Crippen LogP contribution in [0.2, 0.25) is 5.15 Å². The van der Waals surface area contributed by atoms with E-state index in [0.29, 0.717) is 30.4 Å². The molecule has 1 N–H and O–H groups in total. The van der Waals surface area contributed by atoms with Crippen molar-refractivity contribution >= 4 is 27.3 Å². The van der Waals surface area contributed by atoms with Crippen molar-refractivity contribution in [3.05, 3.63) is 41.7 Å². The van der Waals surface area contributed by atoms with E-state index in [1.54, 1.807) is 6.07 Å². The number of ether oxygens (including phenoxy) is 2. The molecule has 0 radical (unpaired) electrons. The lowest BCUT2D eigenvalue weighted by Gasteiger charge is -2.19. The molecule has 6 nitrogen and oxygen atoms in total. The number of hydrogen-bond donors (Lipinski definition) is 1. The van der Waals surface area contributed by atoms with Gasteiger partial charge < -0.3 is 9.47 Å². The normalized spacial score (nSPS) is 13.8. The Balaban J connectivity index is 1.91. The number of nitrogens with zero attached hydrogens (tertiary/aromatic N) is 1. The van der Waals surface area contributed by atoms with Crippen LogP contribution in [0.25, 0.3) is 0 Å². The Labute approximate surface area is 126 Å². The van der Waals surface area contributed by atoms with Gasteiger partial charge in [0.2, 0.25) is 0 Å². The molecule has 110 valence electrons. The van der Waals surface area contributed by atoms with Gasteiger partial charge in [-0.05, 0) is 24.3 Å². The molecule has 0 saturated heterocycles. The van der Waals surface area contributed by atoms with Gasteiger partial charge in [-0.1, -0.05) is 11.6 Å². The summed E-state index contributed by atoms with van der Waals surface area (Å²) in [6, 6.07) is 7.40. The van der Waals surface area contributed by atoms with E-state index in [2.05, 4.69) is 9.71 Å². The molecular formula is C13H11ClN2O4S. The van der Waals surface area contributed by atoms with Crippen LogP contribution < -0.4 is 14.2 Å². The van der Waals surface area contributed by atoms with Crippen LogP contribution in [0.15, 0.2) is 41.4 Å². The van der Waals surface area contributed by atoms with E-state index in [-0.39, 0.29) is 10.0 Å².